The Balaban J connectivity index is 2.10. The molecule has 2 heterocycles. The number of aromatic nitrogens is 2. The Labute approximate surface area is 130 Å². The van der Waals surface area contributed by atoms with Gasteiger partial charge in [0.2, 0.25) is 6.41 Å². The Bertz CT molecular complexity index is 672. The zero-order chi connectivity index (χ0) is 15.7. The topological polar surface area (TPSA) is 53.4 Å². The minimum atomic E-state index is 0.436. The number of carbonyl (C=O) groups excluding carboxylic acids is 1. The third kappa shape index (κ3) is 2.48. The minimum Gasteiger partial charge on any atom is -0.317 e. The number of anilines is 1. The molecular formula is C16H23N5O. The van der Waals surface area contributed by atoms with E-state index in [4.69, 9.17) is 5.10 Å². The van der Waals surface area contributed by atoms with Gasteiger partial charge in [-0.1, -0.05) is 12.1 Å². The van der Waals surface area contributed by atoms with E-state index in [1.165, 1.54) is 5.69 Å². The Hall–Kier alpha value is -1.92. The third-order valence-electron chi connectivity index (χ3n) is 4.39. The van der Waals surface area contributed by atoms with Crippen LogP contribution in [0.4, 0.5) is 5.69 Å². The average molecular weight is 301 g/mol. The molecular weight excluding hydrogens is 278 g/mol. The number of fused-ring (bicyclic) bond motifs is 1. The first-order chi connectivity index (χ1) is 10.6. The van der Waals surface area contributed by atoms with Gasteiger partial charge in [0.1, 0.15) is 5.52 Å². The number of hydrogen-bond donors (Lipinski definition) is 1. The third-order valence-corrected chi connectivity index (χ3v) is 4.39. The van der Waals surface area contributed by atoms with Gasteiger partial charge in [0.15, 0.2) is 0 Å². The lowest BCUT2D eigenvalue weighted by Crippen LogP contribution is -2.35. The molecule has 6 nitrogen and oxygen atoms in total. The van der Waals surface area contributed by atoms with Crippen LogP contribution >= 0.6 is 0 Å². The fraction of sp³-hybridized carbons (Fsp3) is 0.500. The summed E-state index contributed by atoms with van der Waals surface area (Å²) < 4.78 is 2.15. The van der Waals surface area contributed by atoms with E-state index in [1.54, 1.807) is 10.0 Å². The van der Waals surface area contributed by atoms with Gasteiger partial charge < -0.3 is 5.32 Å². The van der Waals surface area contributed by atoms with E-state index in [0.717, 1.165) is 48.9 Å². The average Bonchev–Trinajstić information content (AvgIpc) is 2.87. The van der Waals surface area contributed by atoms with Crippen molar-refractivity contribution in [3.8, 4) is 0 Å². The number of hydrazine groups is 1. The quantitative estimate of drug-likeness (QED) is 0.690. The number of nitrogens with one attached hydrogen (secondary N) is 1. The monoisotopic (exact) mass is 301 g/mol. The molecule has 6 heteroatoms. The molecule has 1 saturated heterocycles. The fourth-order valence-corrected chi connectivity index (χ4v) is 3.19. The molecule has 0 unspecified atom stereocenters. The fourth-order valence-electron chi connectivity index (χ4n) is 3.19. The molecule has 2 aromatic rings. The summed E-state index contributed by atoms with van der Waals surface area (Å²) >= 11 is 0. The van der Waals surface area contributed by atoms with Gasteiger partial charge in [-0.15, -0.1) is 0 Å². The maximum absolute atomic E-state index is 11.4. The molecule has 0 spiro atoms. The maximum atomic E-state index is 11.4. The summed E-state index contributed by atoms with van der Waals surface area (Å²) in [5.74, 6) is 0. The number of nitrogens with zero attached hydrogens (tertiary/aromatic N) is 4. The van der Waals surface area contributed by atoms with Gasteiger partial charge in [-0.25, -0.2) is 10.0 Å². The first kappa shape index (κ1) is 15.0. The Kier molecular flexibility index (Phi) is 4.13. The molecule has 0 atom stereocenters. The van der Waals surface area contributed by atoms with Crippen molar-refractivity contribution in [1.29, 1.82) is 0 Å². The van der Waals surface area contributed by atoms with Crippen LogP contribution in [0.2, 0.25) is 0 Å². The largest absolute Gasteiger partial charge is 0.317 e. The molecule has 0 radical (unpaired) electrons. The summed E-state index contributed by atoms with van der Waals surface area (Å²) in [5, 5.41) is 12.7. The highest BCUT2D eigenvalue weighted by Gasteiger charge is 2.21. The molecule has 0 aliphatic carbocycles. The van der Waals surface area contributed by atoms with Crippen molar-refractivity contribution in [3.63, 3.8) is 0 Å². The highest BCUT2D eigenvalue weighted by molar-refractivity contribution is 5.96. The summed E-state index contributed by atoms with van der Waals surface area (Å²) in [6, 6.07) is 6.44. The molecule has 1 N–H and O–H groups in total. The SMILES string of the molecule is Cc1c2cccc(N(C=O)N(C)C)c2nn1C1CCNCC1. The van der Waals surface area contributed by atoms with Gasteiger partial charge in [0.05, 0.1) is 11.7 Å². The number of amides is 1. The van der Waals surface area contributed by atoms with Crippen molar-refractivity contribution in [3.05, 3.63) is 23.9 Å². The van der Waals surface area contributed by atoms with Crippen molar-refractivity contribution in [2.45, 2.75) is 25.8 Å². The standard InChI is InChI=1S/C16H23N5O/c1-12-14-5-4-6-15(20(11-22)19(2)3)16(14)18-21(12)13-7-9-17-10-8-13/h4-6,11,13,17H,7-10H2,1-3H3. The van der Waals surface area contributed by atoms with Crippen molar-refractivity contribution in [2.75, 3.05) is 32.2 Å². The second kappa shape index (κ2) is 6.06. The molecule has 22 heavy (non-hydrogen) atoms. The maximum Gasteiger partial charge on any atom is 0.228 e. The number of hydrogen-bond acceptors (Lipinski definition) is 4. The van der Waals surface area contributed by atoms with E-state index >= 15 is 0 Å². The minimum absolute atomic E-state index is 0.436. The van der Waals surface area contributed by atoms with Gasteiger partial charge in [-0.3, -0.25) is 9.48 Å². The van der Waals surface area contributed by atoms with Crippen LogP contribution in [-0.2, 0) is 4.79 Å². The summed E-state index contributed by atoms with van der Waals surface area (Å²) in [6.45, 7) is 4.18. The number of aryl methyl sites for hydroxylation is 1. The molecule has 1 aromatic heterocycles. The number of carbonyl (C=O) groups is 1. The van der Waals surface area contributed by atoms with E-state index in [-0.39, 0.29) is 0 Å². The normalized spacial score (nSPS) is 16.4. The predicted octanol–water partition coefficient (Wildman–Crippen LogP) is 1.71. The predicted molar refractivity (Wildman–Crippen MR) is 87.8 cm³/mol. The molecule has 1 aliphatic heterocycles. The van der Waals surface area contributed by atoms with Crippen LogP contribution in [0.25, 0.3) is 10.9 Å². The molecule has 0 saturated carbocycles. The highest BCUT2D eigenvalue weighted by atomic mass is 16.1. The van der Waals surface area contributed by atoms with Gasteiger partial charge in [0.25, 0.3) is 0 Å². The van der Waals surface area contributed by atoms with Crippen LogP contribution in [0.3, 0.4) is 0 Å². The second-order valence-corrected chi connectivity index (χ2v) is 5.98. The second-order valence-electron chi connectivity index (χ2n) is 5.98. The number of benzene rings is 1. The van der Waals surface area contributed by atoms with Crippen LogP contribution in [0.15, 0.2) is 18.2 Å². The lowest BCUT2D eigenvalue weighted by Gasteiger charge is -2.25. The van der Waals surface area contributed by atoms with Gasteiger partial charge in [0, 0.05) is 25.2 Å². The molecule has 3 rings (SSSR count). The smallest absolute Gasteiger partial charge is 0.228 e. The van der Waals surface area contributed by atoms with E-state index in [9.17, 15) is 4.79 Å². The van der Waals surface area contributed by atoms with Gasteiger partial charge >= 0.3 is 0 Å². The molecule has 1 aromatic carbocycles. The Morgan fingerprint density at radius 2 is 2.05 bits per heavy atom. The van der Waals surface area contributed by atoms with Crippen molar-refractivity contribution in [2.24, 2.45) is 0 Å². The van der Waals surface area contributed by atoms with E-state index in [1.807, 2.05) is 26.2 Å². The van der Waals surface area contributed by atoms with E-state index in [0.29, 0.717) is 6.04 Å². The van der Waals surface area contributed by atoms with Crippen LogP contribution < -0.4 is 10.3 Å². The van der Waals surface area contributed by atoms with Crippen molar-refractivity contribution < 1.29 is 4.79 Å². The molecule has 1 aliphatic rings. The van der Waals surface area contributed by atoms with Crippen LogP contribution in [0.1, 0.15) is 24.6 Å². The summed E-state index contributed by atoms with van der Waals surface area (Å²) in [4.78, 5) is 11.4. The summed E-state index contributed by atoms with van der Waals surface area (Å²) in [7, 11) is 3.70. The molecule has 1 fully saturated rings. The van der Waals surface area contributed by atoms with Crippen molar-refractivity contribution >= 4 is 23.0 Å². The Morgan fingerprint density at radius 1 is 1.32 bits per heavy atom. The first-order valence-electron chi connectivity index (χ1n) is 7.73. The lowest BCUT2D eigenvalue weighted by atomic mass is 10.1. The van der Waals surface area contributed by atoms with Gasteiger partial charge in [-0.2, -0.15) is 5.10 Å². The molecule has 1 amide bonds. The molecule has 0 bridgehead atoms. The zero-order valence-corrected chi connectivity index (χ0v) is 13.4. The van der Waals surface area contributed by atoms with Crippen LogP contribution in [0, 0.1) is 6.92 Å². The number of rotatable bonds is 4. The van der Waals surface area contributed by atoms with Crippen LogP contribution in [0.5, 0.6) is 0 Å². The zero-order valence-electron chi connectivity index (χ0n) is 13.4. The summed E-state index contributed by atoms with van der Waals surface area (Å²) in [5.41, 5.74) is 2.89. The number of piperidine rings is 1. The van der Waals surface area contributed by atoms with Crippen molar-refractivity contribution in [1.82, 2.24) is 20.1 Å². The highest BCUT2D eigenvalue weighted by Crippen LogP contribution is 2.31. The van der Waals surface area contributed by atoms with E-state index in [2.05, 4.69) is 23.0 Å². The van der Waals surface area contributed by atoms with Gasteiger partial charge in [-0.05, 0) is 38.9 Å². The van der Waals surface area contributed by atoms with E-state index < -0.39 is 0 Å². The molecule has 118 valence electrons. The first-order valence-corrected chi connectivity index (χ1v) is 7.73. The summed E-state index contributed by atoms with van der Waals surface area (Å²) in [6.07, 6.45) is 3.01. The lowest BCUT2D eigenvalue weighted by molar-refractivity contribution is -0.109. The Morgan fingerprint density at radius 3 is 2.68 bits per heavy atom. The van der Waals surface area contributed by atoms with Crippen LogP contribution in [-0.4, -0.2) is 48.4 Å².